The summed E-state index contributed by atoms with van der Waals surface area (Å²) in [4.78, 5) is 31.7. The van der Waals surface area contributed by atoms with Gasteiger partial charge in [-0.3, -0.25) is 14.6 Å². The van der Waals surface area contributed by atoms with Gasteiger partial charge in [0.25, 0.3) is 11.8 Å². The molecule has 0 aliphatic heterocycles. The second kappa shape index (κ2) is 7.39. The lowest BCUT2D eigenvalue weighted by atomic mass is 10.1. The van der Waals surface area contributed by atoms with E-state index in [9.17, 15) is 22.8 Å². The summed E-state index contributed by atoms with van der Waals surface area (Å²) >= 11 is 0.882. The van der Waals surface area contributed by atoms with E-state index in [2.05, 4.69) is 15.3 Å². The van der Waals surface area contributed by atoms with Gasteiger partial charge in [-0.2, -0.15) is 13.2 Å². The quantitative estimate of drug-likeness (QED) is 0.687. The molecule has 0 saturated heterocycles. The lowest BCUT2D eigenvalue weighted by molar-refractivity contribution is -0.137. The van der Waals surface area contributed by atoms with Crippen LogP contribution in [0.2, 0.25) is 0 Å². The molecule has 0 fully saturated rings. The van der Waals surface area contributed by atoms with Crippen LogP contribution in [0.15, 0.2) is 42.0 Å². The van der Waals surface area contributed by atoms with Crippen LogP contribution in [0.5, 0.6) is 0 Å². The van der Waals surface area contributed by atoms with E-state index < -0.39 is 23.6 Å². The predicted octanol–water partition coefficient (Wildman–Crippen LogP) is 3.88. The van der Waals surface area contributed by atoms with Crippen molar-refractivity contribution in [3.8, 4) is 10.6 Å². The van der Waals surface area contributed by atoms with E-state index in [1.807, 2.05) is 0 Å². The largest absolute Gasteiger partial charge is 0.417 e. The van der Waals surface area contributed by atoms with Crippen molar-refractivity contribution in [3.05, 3.63) is 64.4 Å². The first-order valence-electron chi connectivity index (χ1n) is 7.85. The molecule has 28 heavy (non-hydrogen) atoms. The Bertz CT molecular complexity index is 1060. The molecule has 0 aliphatic carbocycles. The number of hydrogen-bond acceptors (Lipinski definition) is 5. The van der Waals surface area contributed by atoms with E-state index >= 15 is 0 Å². The molecule has 0 bridgehead atoms. The van der Waals surface area contributed by atoms with Gasteiger partial charge in [0.15, 0.2) is 0 Å². The van der Waals surface area contributed by atoms with Crippen molar-refractivity contribution in [1.82, 2.24) is 9.97 Å². The Morgan fingerprint density at radius 1 is 1.21 bits per heavy atom. The van der Waals surface area contributed by atoms with Crippen molar-refractivity contribution in [3.63, 3.8) is 0 Å². The molecule has 0 atom stereocenters. The molecule has 0 spiro atoms. The normalized spacial score (nSPS) is 11.3. The minimum absolute atomic E-state index is 0.00458. The molecule has 3 N–H and O–H groups in total. The molecule has 144 valence electrons. The highest BCUT2D eigenvalue weighted by molar-refractivity contribution is 7.13. The molecule has 0 aliphatic rings. The highest BCUT2D eigenvalue weighted by Crippen LogP contribution is 2.37. The number of carbonyl (C=O) groups is 2. The number of benzene rings is 1. The smallest absolute Gasteiger partial charge is 0.366 e. The summed E-state index contributed by atoms with van der Waals surface area (Å²) in [5.74, 6) is -1.40. The maximum Gasteiger partial charge on any atom is 0.417 e. The van der Waals surface area contributed by atoms with Crippen molar-refractivity contribution in [2.75, 3.05) is 5.32 Å². The van der Waals surface area contributed by atoms with Crippen molar-refractivity contribution >= 4 is 28.8 Å². The van der Waals surface area contributed by atoms with E-state index in [1.165, 1.54) is 11.4 Å². The van der Waals surface area contributed by atoms with E-state index in [4.69, 9.17) is 5.73 Å². The number of carbonyl (C=O) groups excluding carboxylic acids is 2. The maximum atomic E-state index is 13.2. The number of nitrogens with two attached hydrogens (primary N) is 1. The lowest BCUT2D eigenvalue weighted by Crippen LogP contribution is -2.18. The van der Waals surface area contributed by atoms with Crippen molar-refractivity contribution in [1.29, 1.82) is 0 Å². The first kappa shape index (κ1) is 19.5. The molecule has 3 rings (SSSR count). The molecule has 0 saturated carbocycles. The topological polar surface area (TPSA) is 98.0 Å². The van der Waals surface area contributed by atoms with Crippen LogP contribution in [0.1, 0.15) is 32.0 Å². The summed E-state index contributed by atoms with van der Waals surface area (Å²) in [5.41, 5.74) is 5.20. The number of nitrogens with one attached hydrogen (secondary N) is 1. The summed E-state index contributed by atoms with van der Waals surface area (Å²) in [5, 5.41) is 3.86. The third-order valence-electron chi connectivity index (χ3n) is 3.78. The molecular weight excluding hydrogens is 393 g/mol. The minimum Gasteiger partial charge on any atom is -0.366 e. The molecule has 6 nitrogen and oxygen atoms in total. The highest BCUT2D eigenvalue weighted by Gasteiger charge is 2.34. The minimum atomic E-state index is -4.58. The number of rotatable bonds is 4. The summed E-state index contributed by atoms with van der Waals surface area (Å²) in [6, 6.07) is 5.55. The molecule has 10 heteroatoms. The van der Waals surface area contributed by atoms with Gasteiger partial charge < -0.3 is 11.1 Å². The number of aromatic nitrogens is 2. The fourth-order valence-electron chi connectivity index (χ4n) is 2.48. The van der Waals surface area contributed by atoms with Gasteiger partial charge in [-0.05, 0) is 30.7 Å². The van der Waals surface area contributed by atoms with Crippen LogP contribution < -0.4 is 11.1 Å². The number of anilines is 1. The SMILES string of the molecule is Cc1ccc(C(N)=O)c(NC(=O)c2csc(-c3cnccc3C(F)(F)F)n2)c1. The van der Waals surface area contributed by atoms with Gasteiger partial charge in [0, 0.05) is 23.3 Å². The maximum absolute atomic E-state index is 13.2. The van der Waals surface area contributed by atoms with E-state index in [0.717, 1.165) is 35.4 Å². The van der Waals surface area contributed by atoms with Gasteiger partial charge in [0.2, 0.25) is 0 Å². The molecule has 0 unspecified atom stereocenters. The average molecular weight is 406 g/mol. The number of halogens is 3. The average Bonchev–Trinajstić information content (AvgIpc) is 3.11. The Balaban J connectivity index is 1.91. The number of pyridine rings is 1. The molecule has 0 radical (unpaired) electrons. The molecule has 1 aromatic carbocycles. The molecule has 2 amide bonds. The van der Waals surface area contributed by atoms with Crippen molar-refractivity contribution in [2.24, 2.45) is 5.73 Å². The number of alkyl halides is 3. The Hall–Kier alpha value is -3.27. The van der Waals surface area contributed by atoms with Crippen LogP contribution in [0.4, 0.5) is 18.9 Å². The predicted molar refractivity (Wildman–Crippen MR) is 98.0 cm³/mol. The fraction of sp³-hybridized carbons (Fsp3) is 0.111. The summed E-state index contributed by atoms with van der Waals surface area (Å²) in [6.45, 7) is 1.77. The first-order valence-corrected chi connectivity index (χ1v) is 8.73. The Labute approximate surface area is 161 Å². The number of aryl methyl sites for hydroxylation is 1. The zero-order valence-corrected chi connectivity index (χ0v) is 15.2. The van der Waals surface area contributed by atoms with Crippen LogP contribution in [0.3, 0.4) is 0 Å². The monoisotopic (exact) mass is 406 g/mol. The third-order valence-corrected chi connectivity index (χ3v) is 4.66. The fourth-order valence-corrected chi connectivity index (χ4v) is 3.30. The first-order chi connectivity index (χ1) is 13.2. The van der Waals surface area contributed by atoms with Crippen molar-refractivity contribution < 1.29 is 22.8 Å². The van der Waals surface area contributed by atoms with Crippen LogP contribution in [-0.2, 0) is 6.18 Å². The Morgan fingerprint density at radius 2 is 1.96 bits per heavy atom. The van der Waals surface area contributed by atoms with E-state index in [1.54, 1.807) is 19.1 Å². The molecular formula is C18H13F3N4O2S. The summed E-state index contributed by atoms with van der Waals surface area (Å²) in [7, 11) is 0. The zero-order valence-electron chi connectivity index (χ0n) is 14.4. The lowest BCUT2D eigenvalue weighted by Gasteiger charge is -2.10. The van der Waals surface area contributed by atoms with Crippen LogP contribution in [0.25, 0.3) is 10.6 Å². The molecule has 3 aromatic rings. The van der Waals surface area contributed by atoms with Crippen LogP contribution in [-0.4, -0.2) is 21.8 Å². The standard InChI is InChI=1S/C18H13F3N4O2S/c1-9-2-3-10(15(22)26)13(6-9)24-16(27)14-8-28-17(25-14)11-7-23-5-4-12(11)18(19,20)21/h2-8H,1H3,(H2,22,26)(H,24,27). The summed E-state index contributed by atoms with van der Waals surface area (Å²) in [6.07, 6.45) is -2.49. The highest BCUT2D eigenvalue weighted by atomic mass is 32.1. The van der Waals surface area contributed by atoms with Crippen LogP contribution in [0, 0.1) is 6.92 Å². The van der Waals surface area contributed by atoms with E-state index in [0.29, 0.717) is 0 Å². The van der Waals surface area contributed by atoms with Gasteiger partial charge in [-0.1, -0.05) is 6.07 Å². The van der Waals surface area contributed by atoms with Gasteiger partial charge in [-0.25, -0.2) is 4.98 Å². The van der Waals surface area contributed by atoms with E-state index in [-0.39, 0.29) is 27.5 Å². The molecule has 2 aromatic heterocycles. The Kier molecular flexibility index (Phi) is 5.14. The van der Waals surface area contributed by atoms with Gasteiger partial charge >= 0.3 is 6.18 Å². The molecule has 2 heterocycles. The second-order valence-corrected chi connectivity index (χ2v) is 6.68. The number of primary amides is 1. The van der Waals surface area contributed by atoms with Gasteiger partial charge in [-0.15, -0.1) is 11.3 Å². The summed E-state index contributed by atoms with van der Waals surface area (Å²) < 4.78 is 39.5. The van der Waals surface area contributed by atoms with Crippen LogP contribution >= 0.6 is 11.3 Å². The number of thiazole rings is 1. The third kappa shape index (κ3) is 4.01. The number of amides is 2. The van der Waals surface area contributed by atoms with Gasteiger partial charge in [0.05, 0.1) is 16.8 Å². The number of nitrogens with zero attached hydrogens (tertiary/aromatic N) is 2. The van der Waals surface area contributed by atoms with Gasteiger partial charge in [0.1, 0.15) is 10.7 Å². The zero-order chi connectivity index (χ0) is 20.5. The second-order valence-electron chi connectivity index (χ2n) is 5.82. The van der Waals surface area contributed by atoms with Crippen molar-refractivity contribution in [2.45, 2.75) is 13.1 Å². The number of hydrogen-bond donors (Lipinski definition) is 2. The Morgan fingerprint density at radius 3 is 2.64 bits per heavy atom.